The van der Waals surface area contributed by atoms with Crippen LogP contribution in [0.1, 0.15) is 70.8 Å². The smallest absolute Gasteiger partial charge is 0.261 e. The van der Waals surface area contributed by atoms with E-state index in [9.17, 15) is 13.2 Å². The minimum atomic E-state index is -3.56. The van der Waals surface area contributed by atoms with E-state index in [-0.39, 0.29) is 17.9 Å². The Labute approximate surface area is 180 Å². The number of sulfonamides is 1. The molecule has 1 aromatic rings. The normalized spacial score (nSPS) is 30.5. The van der Waals surface area contributed by atoms with Crippen molar-refractivity contribution in [3.05, 3.63) is 23.8 Å². The zero-order valence-electron chi connectivity index (χ0n) is 18.3. The second kappa shape index (κ2) is 8.50. The van der Waals surface area contributed by atoms with E-state index < -0.39 is 16.1 Å². The first-order valence-electron chi connectivity index (χ1n) is 11.4. The van der Waals surface area contributed by atoms with E-state index in [1.807, 2.05) is 6.92 Å². The van der Waals surface area contributed by atoms with E-state index in [0.717, 1.165) is 37.7 Å². The van der Waals surface area contributed by atoms with E-state index >= 15 is 0 Å². The molecule has 6 nitrogen and oxygen atoms in total. The maximum Gasteiger partial charge on any atom is 0.261 e. The monoisotopic (exact) mass is 434 g/mol. The highest BCUT2D eigenvalue weighted by Gasteiger charge is 2.39. The Kier molecular flexibility index (Phi) is 6.13. The predicted octanol–water partition coefficient (Wildman–Crippen LogP) is 3.67. The minimum Gasteiger partial charge on any atom is -0.480 e. The highest BCUT2D eigenvalue weighted by atomic mass is 32.2. The Hall–Kier alpha value is -1.60. The molecule has 166 valence electrons. The molecule has 0 radical (unpaired) electrons. The molecule has 2 heterocycles. The lowest BCUT2D eigenvalue weighted by atomic mass is 9.93. The van der Waals surface area contributed by atoms with Gasteiger partial charge >= 0.3 is 0 Å². The molecule has 1 saturated heterocycles. The van der Waals surface area contributed by atoms with Gasteiger partial charge in [0.2, 0.25) is 10.0 Å². The largest absolute Gasteiger partial charge is 0.480 e. The quantitative estimate of drug-likeness (QED) is 0.785. The molecule has 3 aliphatic rings. The van der Waals surface area contributed by atoms with Gasteiger partial charge in [-0.25, -0.2) is 8.42 Å². The molecular formula is C23H34N2O4S. The molecule has 1 amide bonds. The topological polar surface area (TPSA) is 75.7 Å². The first kappa shape index (κ1) is 21.6. The Bertz CT molecular complexity index is 884. The van der Waals surface area contributed by atoms with Gasteiger partial charge in [0.05, 0.1) is 4.90 Å². The van der Waals surface area contributed by atoms with Crippen LogP contribution in [0.5, 0.6) is 5.75 Å². The van der Waals surface area contributed by atoms with Crippen LogP contribution in [0.4, 0.5) is 0 Å². The van der Waals surface area contributed by atoms with Crippen LogP contribution in [-0.4, -0.2) is 43.9 Å². The highest BCUT2D eigenvalue weighted by molar-refractivity contribution is 7.89. The van der Waals surface area contributed by atoms with Crippen LogP contribution in [0.2, 0.25) is 0 Å². The number of fused-ring (bicyclic) bond motifs is 1. The van der Waals surface area contributed by atoms with Gasteiger partial charge in [-0.2, -0.15) is 4.31 Å². The van der Waals surface area contributed by atoms with Crippen LogP contribution >= 0.6 is 0 Å². The van der Waals surface area contributed by atoms with E-state index in [4.69, 9.17) is 4.74 Å². The van der Waals surface area contributed by atoms with Crippen molar-refractivity contribution in [2.24, 2.45) is 11.8 Å². The van der Waals surface area contributed by atoms with Crippen LogP contribution in [0.3, 0.4) is 0 Å². The number of benzene rings is 1. The summed E-state index contributed by atoms with van der Waals surface area (Å²) in [5, 5.41) is 3.14. The number of nitrogens with one attached hydrogen (secondary N) is 1. The second-order valence-electron chi connectivity index (χ2n) is 9.64. The van der Waals surface area contributed by atoms with Gasteiger partial charge in [-0.1, -0.05) is 40.0 Å². The van der Waals surface area contributed by atoms with Crippen LogP contribution in [0.25, 0.3) is 0 Å². The number of rotatable bonds is 4. The molecule has 0 spiro atoms. The third kappa shape index (κ3) is 4.24. The van der Waals surface area contributed by atoms with Gasteiger partial charge < -0.3 is 10.1 Å². The molecule has 0 aromatic heterocycles. The summed E-state index contributed by atoms with van der Waals surface area (Å²) in [4.78, 5) is 13.1. The number of nitrogens with zero attached hydrogens (tertiary/aromatic N) is 1. The number of hydrogen-bond acceptors (Lipinski definition) is 4. The molecule has 4 unspecified atom stereocenters. The highest BCUT2D eigenvalue weighted by Crippen LogP contribution is 2.40. The second-order valence-corrected chi connectivity index (χ2v) is 11.6. The van der Waals surface area contributed by atoms with Gasteiger partial charge in [-0.3, -0.25) is 4.79 Å². The van der Waals surface area contributed by atoms with E-state index in [1.54, 1.807) is 22.5 Å². The molecule has 30 heavy (non-hydrogen) atoms. The molecule has 7 heteroatoms. The standard InChI is InChI=1S/C23H34N2O4S/c1-15-11-16(2)14-25(13-15)30(27,28)19-9-10-21-20(12-19)17(3)22(29-21)23(26)24-18-7-5-4-6-8-18/h9-10,12,15-18,22H,4-8,11,13-14H2,1-3H3,(H,24,26). The molecule has 1 N–H and O–H groups in total. The van der Waals surface area contributed by atoms with Crippen LogP contribution in [0, 0.1) is 11.8 Å². The molecule has 1 aliphatic carbocycles. The maximum atomic E-state index is 13.3. The maximum absolute atomic E-state index is 13.3. The van der Waals surface area contributed by atoms with Gasteiger partial charge in [0.25, 0.3) is 5.91 Å². The van der Waals surface area contributed by atoms with Crippen molar-refractivity contribution in [3.63, 3.8) is 0 Å². The van der Waals surface area contributed by atoms with E-state index in [2.05, 4.69) is 19.2 Å². The fraction of sp³-hybridized carbons (Fsp3) is 0.696. The Morgan fingerprint density at radius 1 is 1.07 bits per heavy atom. The predicted molar refractivity (Wildman–Crippen MR) is 116 cm³/mol. The molecular weight excluding hydrogens is 400 g/mol. The summed E-state index contributed by atoms with van der Waals surface area (Å²) in [7, 11) is -3.56. The molecule has 4 rings (SSSR count). The number of hydrogen-bond donors (Lipinski definition) is 1. The first-order valence-corrected chi connectivity index (χ1v) is 12.8. The summed E-state index contributed by atoms with van der Waals surface area (Å²) < 4.78 is 34.1. The lowest BCUT2D eigenvalue weighted by Crippen LogP contribution is -2.44. The fourth-order valence-electron chi connectivity index (χ4n) is 5.31. The van der Waals surface area contributed by atoms with Crippen LogP contribution in [-0.2, 0) is 14.8 Å². The lowest BCUT2D eigenvalue weighted by molar-refractivity contribution is -0.128. The zero-order chi connectivity index (χ0) is 21.5. The molecule has 4 atom stereocenters. The molecule has 1 aromatic carbocycles. The average Bonchev–Trinajstić information content (AvgIpc) is 3.04. The fourth-order valence-corrected chi connectivity index (χ4v) is 7.03. The SMILES string of the molecule is CC1CC(C)CN(S(=O)(=O)c2ccc3c(c2)C(C)C(C(=O)NC2CCCCC2)O3)C1. The van der Waals surface area contributed by atoms with E-state index in [1.165, 1.54) is 6.42 Å². The van der Waals surface area contributed by atoms with Crippen molar-refractivity contribution in [3.8, 4) is 5.75 Å². The van der Waals surface area contributed by atoms with Crippen molar-refractivity contribution in [1.29, 1.82) is 0 Å². The molecule has 2 fully saturated rings. The summed E-state index contributed by atoms with van der Waals surface area (Å²) >= 11 is 0. The van der Waals surface area contributed by atoms with Crippen molar-refractivity contribution < 1.29 is 17.9 Å². The van der Waals surface area contributed by atoms with Crippen LogP contribution < -0.4 is 10.1 Å². The molecule has 1 saturated carbocycles. The van der Waals surface area contributed by atoms with Gasteiger partial charge in [-0.15, -0.1) is 0 Å². The third-order valence-corrected chi connectivity index (χ3v) is 8.69. The molecule has 2 aliphatic heterocycles. The number of ether oxygens (including phenoxy) is 1. The first-order chi connectivity index (χ1) is 14.3. The van der Waals surface area contributed by atoms with Gasteiger partial charge in [0.1, 0.15) is 5.75 Å². The summed E-state index contributed by atoms with van der Waals surface area (Å²) in [5.41, 5.74) is 0.804. The van der Waals surface area contributed by atoms with Crippen molar-refractivity contribution in [2.45, 2.75) is 82.3 Å². The number of carbonyl (C=O) groups excluding carboxylic acids is 1. The minimum absolute atomic E-state index is 0.0892. The number of amides is 1. The number of carbonyl (C=O) groups is 1. The lowest BCUT2D eigenvalue weighted by Gasteiger charge is -2.34. The summed E-state index contributed by atoms with van der Waals surface area (Å²) in [6.45, 7) is 7.27. The Morgan fingerprint density at radius 2 is 1.73 bits per heavy atom. The van der Waals surface area contributed by atoms with Crippen molar-refractivity contribution >= 4 is 15.9 Å². The molecule has 0 bridgehead atoms. The van der Waals surface area contributed by atoms with Crippen LogP contribution in [0.15, 0.2) is 23.1 Å². The van der Waals surface area contributed by atoms with Gasteiger partial charge in [-0.05, 0) is 49.3 Å². The summed E-state index contributed by atoms with van der Waals surface area (Å²) in [5.74, 6) is 1.05. The summed E-state index contributed by atoms with van der Waals surface area (Å²) in [6.07, 6.45) is 6.04. The third-order valence-electron chi connectivity index (χ3n) is 6.86. The number of piperidine rings is 1. The van der Waals surface area contributed by atoms with E-state index in [0.29, 0.717) is 35.6 Å². The Morgan fingerprint density at radius 3 is 2.40 bits per heavy atom. The average molecular weight is 435 g/mol. The summed E-state index contributed by atoms with van der Waals surface area (Å²) in [6, 6.07) is 5.27. The zero-order valence-corrected chi connectivity index (χ0v) is 19.1. The van der Waals surface area contributed by atoms with Crippen molar-refractivity contribution in [2.75, 3.05) is 13.1 Å². The van der Waals surface area contributed by atoms with Gasteiger partial charge in [0.15, 0.2) is 6.10 Å². The van der Waals surface area contributed by atoms with Crippen molar-refractivity contribution in [1.82, 2.24) is 9.62 Å². The van der Waals surface area contributed by atoms with Gasteiger partial charge in [0, 0.05) is 30.6 Å². The Balaban J connectivity index is 1.50.